The summed E-state index contributed by atoms with van der Waals surface area (Å²) >= 11 is 0. The number of fused-ring (bicyclic) bond motifs is 5. The Morgan fingerprint density at radius 2 is 1.57 bits per heavy atom. The Morgan fingerprint density at radius 3 is 2.13 bits per heavy atom. The summed E-state index contributed by atoms with van der Waals surface area (Å²) < 4.78 is 0. The summed E-state index contributed by atoms with van der Waals surface area (Å²) in [4.78, 5) is 17.1. The fraction of sp³-hybridized carbons (Fsp3) is 0.240. The summed E-state index contributed by atoms with van der Waals surface area (Å²) in [6.07, 6.45) is 3.05. The number of unbranched alkanes of at least 4 members (excludes halogenated alkanes) is 1. The van der Waals surface area contributed by atoms with Gasteiger partial charge in [0.25, 0.3) is 5.69 Å². The molecule has 0 fully saturated rings. The fourth-order valence-electron chi connectivity index (χ4n) is 4.90. The molecule has 0 radical (unpaired) electrons. The van der Waals surface area contributed by atoms with E-state index < -0.39 is 5.60 Å². The minimum absolute atomic E-state index is 0.0312. The molecule has 5 heteroatoms. The lowest BCUT2D eigenvalue weighted by Crippen LogP contribution is -2.36. The molecule has 0 saturated carbocycles. The number of non-ortho nitro benzene ring substituents is 1. The molecule has 2 aliphatic rings. The van der Waals surface area contributed by atoms with E-state index in [2.05, 4.69) is 60.6 Å². The van der Waals surface area contributed by atoms with Crippen molar-refractivity contribution in [2.24, 2.45) is 11.1 Å². The van der Waals surface area contributed by atoms with Crippen LogP contribution in [0.2, 0.25) is 0 Å². The fourth-order valence-corrected chi connectivity index (χ4v) is 4.90. The van der Waals surface area contributed by atoms with Crippen LogP contribution in [0.1, 0.15) is 42.9 Å². The zero-order valence-electron chi connectivity index (χ0n) is 16.7. The third-order valence-corrected chi connectivity index (χ3v) is 6.27. The molecule has 0 unspecified atom stereocenters. The summed E-state index contributed by atoms with van der Waals surface area (Å²) in [5, 5.41) is 15.7. The van der Waals surface area contributed by atoms with Gasteiger partial charge in [0.05, 0.1) is 16.6 Å². The Balaban J connectivity index is 1.65. The molecule has 0 aromatic heterocycles. The van der Waals surface area contributed by atoms with E-state index in [0.717, 1.165) is 41.7 Å². The molecule has 1 atom stereocenters. The largest absolute Gasteiger partial charge is 0.378 e. The molecular weight excluding hydrogens is 376 g/mol. The van der Waals surface area contributed by atoms with Crippen LogP contribution in [0.4, 0.5) is 5.69 Å². The molecule has 1 aliphatic heterocycles. The molecule has 5 nitrogen and oxygen atoms in total. The number of hydrogen-bond donors (Lipinski definition) is 0. The second kappa shape index (κ2) is 7.10. The highest BCUT2D eigenvalue weighted by Crippen LogP contribution is 2.57. The van der Waals surface area contributed by atoms with Gasteiger partial charge in [-0.1, -0.05) is 73.5 Å². The summed E-state index contributed by atoms with van der Waals surface area (Å²) in [6, 6.07) is 23.4. The maximum Gasteiger partial charge on any atom is 0.269 e. The number of hydrogen-bond acceptors (Lipinski definition) is 4. The van der Waals surface area contributed by atoms with Gasteiger partial charge in [0.1, 0.15) is 0 Å². The SMILES string of the molecule is CCCC[C@@H]1C(c2ccc([N+](=O)[O-])cc2)=NOC12c1ccccc1-c1ccccc12. The van der Waals surface area contributed by atoms with E-state index in [-0.39, 0.29) is 16.5 Å². The second-order valence-electron chi connectivity index (χ2n) is 7.89. The number of rotatable bonds is 5. The van der Waals surface area contributed by atoms with Gasteiger partial charge in [-0.15, -0.1) is 0 Å². The molecule has 0 amide bonds. The van der Waals surface area contributed by atoms with Crippen molar-refractivity contribution in [2.45, 2.75) is 31.8 Å². The summed E-state index contributed by atoms with van der Waals surface area (Å²) in [5.41, 5.74) is 5.84. The van der Waals surface area contributed by atoms with Crippen molar-refractivity contribution >= 4 is 11.4 Å². The van der Waals surface area contributed by atoms with Crippen molar-refractivity contribution in [1.29, 1.82) is 0 Å². The van der Waals surface area contributed by atoms with Crippen molar-refractivity contribution in [3.63, 3.8) is 0 Å². The summed E-state index contributed by atoms with van der Waals surface area (Å²) in [5.74, 6) is 0.0312. The van der Waals surface area contributed by atoms with Gasteiger partial charge in [0.15, 0.2) is 5.60 Å². The number of oxime groups is 1. The third kappa shape index (κ3) is 2.58. The predicted octanol–water partition coefficient (Wildman–Crippen LogP) is 6.06. The van der Waals surface area contributed by atoms with Gasteiger partial charge < -0.3 is 4.84 Å². The molecule has 30 heavy (non-hydrogen) atoms. The Labute approximate surface area is 175 Å². The van der Waals surface area contributed by atoms with Crippen LogP contribution in [0.5, 0.6) is 0 Å². The van der Waals surface area contributed by atoms with Gasteiger partial charge in [-0.25, -0.2) is 0 Å². The van der Waals surface area contributed by atoms with Crippen LogP contribution in [0, 0.1) is 16.0 Å². The summed E-state index contributed by atoms with van der Waals surface area (Å²) in [7, 11) is 0. The van der Waals surface area contributed by atoms with Crippen molar-refractivity contribution < 1.29 is 9.76 Å². The number of nitro groups is 1. The van der Waals surface area contributed by atoms with Gasteiger partial charge in [-0.3, -0.25) is 10.1 Å². The molecular formula is C25H22N2O3. The topological polar surface area (TPSA) is 64.7 Å². The molecule has 150 valence electrons. The maximum atomic E-state index is 11.1. The van der Waals surface area contributed by atoms with Crippen LogP contribution in [-0.4, -0.2) is 10.6 Å². The normalized spacial score (nSPS) is 17.9. The van der Waals surface area contributed by atoms with Crippen molar-refractivity contribution in [3.05, 3.63) is 99.6 Å². The van der Waals surface area contributed by atoms with Crippen LogP contribution >= 0.6 is 0 Å². The molecule has 0 saturated heterocycles. The van der Waals surface area contributed by atoms with E-state index in [4.69, 9.17) is 4.84 Å². The van der Waals surface area contributed by atoms with Crippen LogP contribution in [0.3, 0.4) is 0 Å². The first-order valence-corrected chi connectivity index (χ1v) is 10.4. The molecule has 3 aromatic carbocycles. The first-order chi connectivity index (χ1) is 14.7. The first-order valence-electron chi connectivity index (χ1n) is 10.4. The maximum absolute atomic E-state index is 11.1. The van der Waals surface area contributed by atoms with Crippen molar-refractivity contribution in [3.8, 4) is 11.1 Å². The van der Waals surface area contributed by atoms with Gasteiger partial charge in [-0.2, -0.15) is 0 Å². The summed E-state index contributed by atoms with van der Waals surface area (Å²) in [6.45, 7) is 2.18. The lowest BCUT2D eigenvalue weighted by atomic mass is 9.73. The Kier molecular flexibility index (Phi) is 4.39. The second-order valence-corrected chi connectivity index (χ2v) is 7.89. The van der Waals surface area contributed by atoms with Crippen LogP contribution in [0.25, 0.3) is 11.1 Å². The Morgan fingerprint density at radius 1 is 0.967 bits per heavy atom. The number of nitro benzene ring substituents is 1. The van der Waals surface area contributed by atoms with E-state index >= 15 is 0 Å². The predicted molar refractivity (Wildman–Crippen MR) is 116 cm³/mol. The zero-order valence-corrected chi connectivity index (χ0v) is 16.7. The van der Waals surface area contributed by atoms with E-state index in [9.17, 15) is 10.1 Å². The van der Waals surface area contributed by atoms with Gasteiger partial charge in [0, 0.05) is 28.8 Å². The highest BCUT2D eigenvalue weighted by atomic mass is 16.7. The van der Waals surface area contributed by atoms with Gasteiger partial charge in [0.2, 0.25) is 0 Å². The smallest absolute Gasteiger partial charge is 0.269 e. The minimum Gasteiger partial charge on any atom is -0.378 e. The van der Waals surface area contributed by atoms with Crippen LogP contribution in [-0.2, 0) is 10.4 Å². The van der Waals surface area contributed by atoms with Crippen LogP contribution in [0.15, 0.2) is 78.0 Å². The van der Waals surface area contributed by atoms with E-state index in [0.29, 0.717) is 0 Å². The Hall–Kier alpha value is -3.47. The van der Waals surface area contributed by atoms with Crippen LogP contribution < -0.4 is 0 Å². The highest BCUT2D eigenvalue weighted by Gasteiger charge is 2.56. The minimum atomic E-state index is -0.653. The average molecular weight is 398 g/mol. The average Bonchev–Trinajstić information content (AvgIpc) is 3.30. The lowest BCUT2D eigenvalue weighted by Gasteiger charge is -2.31. The quantitative estimate of drug-likeness (QED) is 0.388. The third-order valence-electron chi connectivity index (χ3n) is 6.27. The molecule has 1 aliphatic carbocycles. The first kappa shape index (κ1) is 18.6. The molecule has 1 spiro atoms. The van der Waals surface area contributed by atoms with Gasteiger partial charge in [-0.05, 0) is 29.7 Å². The van der Waals surface area contributed by atoms with E-state index in [1.165, 1.54) is 23.3 Å². The molecule has 3 aromatic rings. The van der Waals surface area contributed by atoms with Gasteiger partial charge >= 0.3 is 0 Å². The molecule has 0 bridgehead atoms. The molecule has 0 N–H and O–H groups in total. The van der Waals surface area contributed by atoms with E-state index in [1.54, 1.807) is 12.1 Å². The molecule has 1 heterocycles. The number of benzene rings is 3. The lowest BCUT2D eigenvalue weighted by molar-refractivity contribution is -0.384. The Bertz CT molecular complexity index is 1110. The monoisotopic (exact) mass is 398 g/mol. The van der Waals surface area contributed by atoms with E-state index in [1.807, 2.05) is 0 Å². The zero-order chi connectivity index (χ0) is 20.7. The number of nitrogens with zero attached hydrogens (tertiary/aromatic N) is 2. The van der Waals surface area contributed by atoms with Crippen molar-refractivity contribution in [2.75, 3.05) is 0 Å². The molecule has 5 rings (SSSR count). The standard InChI is InChI=1S/C25H22N2O3/c1-2-3-10-23-24(17-13-15-18(16-14-17)27(28)29)26-30-25(23)21-11-6-4-8-19(21)20-9-5-7-12-22(20)25/h4-9,11-16,23H,2-3,10H2,1H3/t23-/m1/s1. The highest BCUT2D eigenvalue weighted by molar-refractivity contribution is 6.05. The van der Waals surface area contributed by atoms with Crippen molar-refractivity contribution in [1.82, 2.24) is 0 Å².